The molecule has 0 aliphatic heterocycles. The van der Waals surface area contributed by atoms with Crippen LogP contribution in [0.25, 0.3) is 11.1 Å². The van der Waals surface area contributed by atoms with E-state index in [1.165, 1.54) is 24.4 Å². The van der Waals surface area contributed by atoms with Crippen molar-refractivity contribution >= 4 is 23.1 Å². The summed E-state index contributed by atoms with van der Waals surface area (Å²) < 4.78 is 31.2. The van der Waals surface area contributed by atoms with Crippen molar-refractivity contribution < 1.29 is 13.7 Å². The molecule has 0 saturated heterocycles. The number of urea groups is 1. The number of pyridine rings is 1. The monoisotopic (exact) mass is 483 g/mol. The van der Waals surface area contributed by atoms with Gasteiger partial charge in [0.15, 0.2) is 0 Å². The molecule has 0 radical (unpaired) electrons. The Hall–Kier alpha value is -3.46. The number of nitrogens with one attached hydrogen (secondary N) is 2. The van der Waals surface area contributed by atoms with E-state index in [0.29, 0.717) is 28.9 Å². The van der Waals surface area contributed by atoms with Crippen LogP contribution in [0.4, 0.5) is 14.9 Å². The minimum absolute atomic E-state index is 0.128. The standard InChI is InChI=1S/C23H26FN7O2S/c1-14(2)19-9-16(24)10-20(15-6-7-26-17(8-15)12-25)22(19)27-23(32)29-34(33)21-11-18(13-30(3)4)31(5)28-21/h6-11,14H,13H2,1-5H3,(H2,27,29,32). The maximum Gasteiger partial charge on any atom is 0.361 e. The van der Waals surface area contributed by atoms with Crippen molar-refractivity contribution in [1.29, 1.82) is 5.26 Å². The van der Waals surface area contributed by atoms with Crippen molar-refractivity contribution in [3.05, 3.63) is 59.3 Å². The summed E-state index contributed by atoms with van der Waals surface area (Å²) in [6, 6.07) is 8.65. The van der Waals surface area contributed by atoms with E-state index in [-0.39, 0.29) is 16.6 Å². The van der Waals surface area contributed by atoms with Gasteiger partial charge in [-0.15, -0.1) is 9.82 Å². The molecule has 1 aromatic carbocycles. The predicted octanol–water partition coefficient (Wildman–Crippen LogP) is 3.52. The Morgan fingerprint density at radius 3 is 2.71 bits per heavy atom. The van der Waals surface area contributed by atoms with Crippen LogP contribution >= 0.6 is 0 Å². The zero-order chi connectivity index (χ0) is 25.0. The first-order valence-corrected chi connectivity index (χ1v) is 11.6. The second-order valence-corrected chi connectivity index (χ2v) is 9.43. The highest BCUT2D eigenvalue weighted by Crippen LogP contribution is 2.36. The van der Waals surface area contributed by atoms with Crippen molar-refractivity contribution in [2.45, 2.75) is 31.3 Å². The average molecular weight is 484 g/mol. The fourth-order valence-corrected chi connectivity index (χ4v) is 4.19. The lowest BCUT2D eigenvalue weighted by molar-refractivity contribution is 0.256. The number of carbonyl (C=O) groups excluding carboxylic acids is 1. The molecule has 0 fully saturated rings. The number of anilines is 1. The van der Waals surface area contributed by atoms with Gasteiger partial charge < -0.3 is 14.8 Å². The maximum atomic E-state index is 14.5. The van der Waals surface area contributed by atoms with E-state index in [2.05, 4.69) is 20.1 Å². The summed E-state index contributed by atoms with van der Waals surface area (Å²) in [5.74, 6) is -0.609. The second kappa shape index (κ2) is 10.6. The number of aromatic nitrogens is 3. The number of carbonyl (C=O) groups is 1. The molecule has 0 spiro atoms. The molecular weight excluding hydrogens is 457 g/mol. The van der Waals surface area contributed by atoms with Crippen molar-refractivity contribution in [2.24, 2.45) is 7.05 Å². The van der Waals surface area contributed by atoms with E-state index >= 15 is 0 Å². The van der Waals surface area contributed by atoms with Gasteiger partial charge in [-0.25, -0.2) is 14.2 Å². The summed E-state index contributed by atoms with van der Waals surface area (Å²) >= 11 is -1.91. The van der Waals surface area contributed by atoms with Gasteiger partial charge in [0.2, 0.25) is 0 Å². The molecular formula is C23H26FN7O2S. The molecule has 2 amide bonds. The molecule has 3 aromatic rings. The number of nitrogens with zero attached hydrogens (tertiary/aromatic N) is 5. The lowest BCUT2D eigenvalue weighted by atomic mass is 9.94. The van der Waals surface area contributed by atoms with Gasteiger partial charge in [0.25, 0.3) is 5.03 Å². The first-order valence-electron chi connectivity index (χ1n) is 10.5. The van der Waals surface area contributed by atoms with E-state index < -0.39 is 23.2 Å². The predicted molar refractivity (Wildman–Crippen MR) is 128 cm³/mol. The highest BCUT2D eigenvalue weighted by molar-refractivity contribution is 7.90. The number of hydrogen-bond acceptors (Lipinski definition) is 6. The van der Waals surface area contributed by atoms with Gasteiger partial charge in [-0.05, 0) is 55.4 Å². The molecule has 2 N–H and O–H groups in total. The van der Waals surface area contributed by atoms with Crippen LogP contribution in [-0.2, 0) is 25.0 Å². The van der Waals surface area contributed by atoms with Gasteiger partial charge in [-0.1, -0.05) is 13.8 Å². The SMILES string of the molecule is CC(C)c1cc(F)cc(-c2ccnc(C#N)c2)c1NC(=O)N[S+]([O-])c1cc(CN(C)C)n(C)n1. The third-order valence-corrected chi connectivity index (χ3v) is 5.94. The molecule has 1 unspecified atom stereocenters. The van der Waals surface area contributed by atoms with Gasteiger partial charge >= 0.3 is 6.03 Å². The Kier molecular flexibility index (Phi) is 7.88. The molecule has 3 rings (SSSR count). The number of benzene rings is 1. The van der Waals surface area contributed by atoms with Crippen molar-refractivity contribution in [3.63, 3.8) is 0 Å². The molecule has 0 bridgehead atoms. The van der Waals surface area contributed by atoms with Crippen molar-refractivity contribution in [2.75, 3.05) is 19.4 Å². The molecule has 11 heteroatoms. The average Bonchev–Trinajstić information content (AvgIpc) is 3.14. The van der Waals surface area contributed by atoms with Crippen LogP contribution in [0.3, 0.4) is 0 Å². The largest absolute Gasteiger partial charge is 0.586 e. The number of halogens is 1. The van der Waals surface area contributed by atoms with Crippen LogP contribution in [0.15, 0.2) is 41.6 Å². The first kappa shape index (κ1) is 25.2. The third kappa shape index (κ3) is 5.91. The van der Waals surface area contributed by atoms with Gasteiger partial charge in [-0.3, -0.25) is 4.68 Å². The van der Waals surface area contributed by atoms with Crippen molar-refractivity contribution in [3.8, 4) is 17.2 Å². The molecule has 178 valence electrons. The zero-order valence-corrected chi connectivity index (χ0v) is 20.4. The number of aryl methyl sites for hydroxylation is 1. The fraction of sp³-hybridized carbons (Fsp3) is 0.304. The summed E-state index contributed by atoms with van der Waals surface area (Å²) in [6.45, 7) is 4.33. The summed E-state index contributed by atoms with van der Waals surface area (Å²) in [4.78, 5) is 18.7. The van der Waals surface area contributed by atoms with Gasteiger partial charge in [-0.2, -0.15) is 5.26 Å². The van der Waals surface area contributed by atoms with E-state index in [0.717, 1.165) is 5.69 Å². The van der Waals surface area contributed by atoms with Crippen LogP contribution in [-0.4, -0.2) is 44.3 Å². The third-order valence-electron chi connectivity index (χ3n) is 4.99. The lowest BCUT2D eigenvalue weighted by Crippen LogP contribution is -2.35. The number of hydrogen-bond donors (Lipinski definition) is 2. The normalized spacial score (nSPS) is 12.0. The summed E-state index contributed by atoms with van der Waals surface area (Å²) in [5, 5.41) is 16.3. The summed E-state index contributed by atoms with van der Waals surface area (Å²) in [5.41, 5.74) is 2.81. The van der Waals surface area contributed by atoms with E-state index in [1.807, 2.05) is 38.9 Å². The quantitative estimate of drug-likeness (QED) is 0.496. The van der Waals surface area contributed by atoms with Crippen LogP contribution in [0.1, 0.15) is 36.7 Å². The fourth-order valence-electron chi connectivity index (χ4n) is 3.42. The minimum Gasteiger partial charge on any atom is -0.586 e. The molecule has 34 heavy (non-hydrogen) atoms. The maximum absolute atomic E-state index is 14.5. The second-order valence-electron chi connectivity index (χ2n) is 8.27. The number of nitriles is 1. The van der Waals surface area contributed by atoms with E-state index in [4.69, 9.17) is 0 Å². The molecule has 0 aliphatic rings. The Morgan fingerprint density at radius 1 is 1.32 bits per heavy atom. The van der Waals surface area contributed by atoms with E-state index in [1.54, 1.807) is 23.9 Å². The van der Waals surface area contributed by atoms with Crippen LogP contribution < -0.4 is 10.0 Å². The van der Waals surface area contributed by atoms with Gasteiger partial charge in [0.1, 0.15) is 28.9 Å². The topological polar surface area (TPSA) is 122 Å². The molecule has 2 heterocycles. The number of rotatable bonds is 7. The van der Waals surface area contributed by atoms with Crippen LogP contribution in [0.5, 0.6) is 0 Å². The minimum atomic E-state index is -1.91. The van der Waals surface area contributed by atoms with Gasteiger partial charge in [0.05, 0.1) is 11.4 Å². The Labute approximate surface area is 200 Å². The van der Waals surface area contributed by atoms with Crippen LogP contribution in [0, 0.1) is 17.1 Å². The molecule has 9 nitrogen and oxygen atoms in total. The van der Waals surface area contributed by atoms with Crippen LogP contribution in [0.2, 0.25) is 0 Å². The molecule has 0 saturated carbocycles. The molecule has 0 aliphatic carbocycles. The highest BCUT2D eigenvalue weighted by atomic mass is 32.2. The Morgan fingerprint density at radius 2 is 2.06 bits per heavy atom. The van der Waals surface area contributed by atoms with E-state index in [9.17, 15) is 19.0 Å². The first-order chi connectivity index (χ1) is 16.1. The Bertz CT molecular complexity index is 1240. The Balaban J connectivity index is 1.91. The molecule has 1 atom stereocenters. The smallest absolute Gasteiger partial charge is 0.361 e. The summed E-state index contributed by atoms with van der Waals surface area (Å²) in [6.07, 6.45) is 1.44. The number of amides is 2. The summed E-state index contributed by atoms with van der Waals surface area (Å²) in [7, 11) is 5.55. The zero-order valence-electron chi connectivity index (χ0n) is 19.6. The highest BCUT2D eigenvalue weighted by Gasteiger charge is 2.23. The van der Waals surface area contributed by atoms with Gasteiger partial charge in [0, 0.05) is 31.4 Å². The lowest BCUT2D eigenvalue weighted by Gasteiger charge is -2.19. The van der Waals surface area contributed by atoms with Crippen molar-refractivity contribution in [1.82, 2.24) is 24.4 Å². The molecule has 2 aromatic heterocycles.